The number of alkyl halides is 2. The number of imidazole rings is 1. The van der Waals surface area contributed by atoms with E-state index < -0.39 is 37.3 Å². The maximum Gasteiger partial charge on any atom is 0.475 e. The molecule has 4 heterocycles. The van der Waals surface area contributed by atoms with Crippen LogP contribution in [-0.4, -0.2) is 81.5 Å². The van der Waals surface area contributed by atoms with Crippen LogP contribution in [0.15, 0.2) is 6.33 Å². The van der Waals surface area contributed by atoms with Crippen molar-refractivity contribution in [2.24, 2.45) is 5.41 Å². The third kappa shape index (κ3) is 5.09. The summed E-state index contributed by atoms with van der Waals surface area (Å²) in [6.07, 6.45) is -3.08. The highest BCUT2D eigenvalue weighted by molar-refractivity contribution is 8.13. The molecule has 36 heavy (non-hydrogen) atoms. The Morgan fingerprint density at radius 1 is 1.44 bits per heavy atom. The van der Waals surface area contributed by atoms with Crippen molar-refractivity contribution in [3.05, 3.63) is 6.33 Å². The molecular weight excluding hydrogens is 538 g/mol. The first-order chi connectivity index (χ1) is 16.8. The highest BCUT2D eigenvalue weighted by Gasteiger charge is 2.63. The zero-order valence-electron chi connectivity index (χ0n) is 20.5. The number of phosphoric ester groups is 1. The Kier molecular flexibility index (Phi) is 7.62. The van der Waals surface area contributed by atoms with Gasteiger partial charge in [0.1, 0.15) is 11.7 Å². The Bertz CT molecular complexity index is 1200. The topological polar surface area (TPSA) is 144 Å². The lowest BCUT2D eigenvalue weighted by Gasteiger charge is -2.38. The summed E-state index contributed by atoms with van der Waals surface area (Å²) in [5, 5.41) is -0.0405. The molecule has 0 radical (unpaired) electrons. The summed E-state index contributed by atoms with van der Waals surface area (Å²) in [6.45, 7) is 4.98. The summed E-state index contributed by atoms with van der Waals surface area (Å²) in [4.78, 5) is 26.5. The van der Waals surface area contributed by atoms with E-state index in [1.165, 1.54) is 10.9 Å². The Hall–Kier alpha value is -1.54. The molecule has 0 bridgehead atoms. The molecule has 5 atom stereocenters. The van der Waals surface area contributed by atoms with E-state index in [2.05, 4.69) is 15.0 Å². The van der Waals surface area contributed by atoms with E-state index in [9.17, 15) is 9.36 Å². The number of carbonyl (C=O) groups excluding carboxylic acids is 1. The highest BCUT2D eigenvalue weighted by atomic mass is 35.5. The highest BCUT2D eigenvalue weighted by Crippen LogP contribution is 2.60. The number of thioether (sulfide) groups is 1. The fraction of sp³-hybridized carbons (Fsp3) is 0.700. The van der Waals surface area contributed by atoms with Gasteiger partial charge in [-0.2, -0.15) is 9.97 Å². The average molecular weight is 567 g/mol. The number of halogens is 2. The monoisotopic (exact) mass is 566 g/mol. The van der Waals surface area contributed by atoms with E-state index in [1.54, 1.807) is 39.8 Å². The number of nitrogens with two attached hydrogens (primary N) is 1. The molecule has 0 amide bonds. The van der Waals surface area contributed by atoms with Gasteiger partial charge < -0.3 is 15.4 Å². The van der Waals surface area contributed by atoms with Crippen LogP contribution in [-0.2, 0) is 27.7 Å². The molecule has 2 aliphatic rings. The number of fused-ring (bicyclic) bond motifs is 2. The normalized spacial score (nSPS) is 30.5. The molecule has 12 nitrogen and oxygen atoms in total. The molecule has 2 fully saturated rings. The second-order valence-corrected chi connectivity index (χ2v) is 12.7. The summed E-state index contributed by atoms with van der Waals surface area (Å²) < 4.78 is 52.6. The second kappa shape index (κ2) is 9.97. The van der Waals surface area contributed by atoms with Crippen molar-refractivity contribution in [1.29, 1.82) is 0 Å². The first-order valence-corrected chi connectivity index (χ1v) is 14.1. The molecule has 2 N–H and O–H groups in total. The predicted molar refractivity (Wildman–Crippen MR) is 134 cm³/mol. The van der Waals surface area contributed by atoms with Gasteiger partial charge in [-0.25, -0.2) is 13.9 Å². The lowest BCUT2D eigenvalue weighted by atomic mass is 9.99. The average Bonchev–Trinajstić information content (AvgIpc) is 3.34. The molecule has 4 rings (SSSR count). The predicted octanol–water partition coefficient (Wildman–Crippen LogP) is 3.17. The quantitative estimate of drug-likeness (QED) is 0.298. The largest absolute Gasteiger partial charge is 0.475 e. The van der Waals surface area contributed by atoms with Crippen molar-refractivity contribution in [1.82, 2.24) is 19.5 Å². The molecule has 0 spiro atoms. The van der Waals surface area contributed by atoms with Crippen LogP contribution in [0, 0.1) is 5.41 Å². The minimum atomic E-state index is -4.14. The number of phosphoric acid groups is 1. The number of ether oxygens (including phenoxy) is 1. The van der Waals surface area contributed by atoms with Crippen LogP contribution in [0.1, 0.15) is 27.0 Å². The smallest absolute Gasteiger partial charge is 0.368 e. The van der Waals surface area contributed by atoms with Crippen molar-refractivity contribution < 1.29 is 32.1 Å². The van der Waals surface area contributed by atoms with Gasteiger partial charge in [-0.05, 0) is 0 Å². The molecule has 2 aliphatic heterocycles. The number of anilines is 2. The van der Waals surface area contributed by atoms with Crippen LogP contribution < -0.4 is 10.6 Å². The molecule has 16 heteroatoms. The molecule has 200 valence electrons. The van der Waals surface area contributed by atoms with E-state index in [1.807, 2.05) is 0 Å². The maximum atomic E-state index is 15.9. The Morgan fingerprint density at radius 3 is 2.81 bits per heavy atom. The van der Waals surface area contributed by atoms with Crippen LogP contribution >= 0.6 is 31.2 Å². The Labute approximate surface area is 217 Å². The van der Waals surface area contributed by atoms with Crippen molar-refractivity contribution in [2.45, 2.75) is 44.9 Å². The number of carbonyl (C=O) groups is 1. The first kappa shape index (κ1) is 27.5. The third-order valence-corrected chi connectivity index (χ3v) is 8.80. The van der Waals surface area contributed by atoms with Gasteiger partial charge in [-0.3, -0.25) is 22.9 Å². The van der Waals surface area contributed by atoms with Gasteiger partial charge in [0, 0.05) is 25.3 Å². The summed E-state index contributed by atoms with van der Waals surface area (Å²) in [5.41, 5.74) is 4.56. The van der Waals surface area contributed by atoms with Gasteiger partial charge in [0.05, 0.1) is 25.4 Å². The second-order valence-electron chi connectivity index (χ2n) is 9.74. The summed E-state index contributed by atoms with van der Waals surface area (Å²) in [6, 6.07) is 0. The molecule has 2 aromatic rings. The molecule has 2 aromatic heterocycles. The molecule has 0 saturated carbocycles. The van der Waals surface area contributed by atoms with Crippen molar-refractivity contribution in [3.63, 3.8) is 0 Å². The number of rotatable bonds is 7. The minimum absolute atomic E-state index is 0.0221. The lowest BCUT2D eigenvalue weighted by Crippen LogP contribution is -2.51. The fourth-order valence-electron chi connectivity index (χ4n) is 3.78. The van der Waals surface area contributed by atoms with E-state index in [0.717, 1.165) is 11.8 Å². The molecule has 0 aromatic carbocycles. The van der Waals surface area contributed by atoms with Crippen molar-refractivity contribution in [2.75, 3.05) is 49.6 Å². The van der Waals surface area contributed by atoms with Gasteiger partial charge in [0.2, 0.25) is 5.95 Å². The van der Waals surface area contributed by atoms with Gasteiger partial charge in [0.15, 0.2) is 34.5 Å². The van der Waals surface area contributed by atoms with Crippen LogP contribution in [0.2, 0.25) is 0 Å². The number of hydrogen-bond donors (Lipinski definition) is 1. The van der Waals surface area contributed by atoms with E-state index >= 15 is 4.39 Å². The number of nitrogens with zero attached hydrogens (tertiary/aromatic N) is 5. The molecule has 1 unspecified atom stereocenters. The van der Waals surface area contributed by atoms with Crippen LogP contribution in [0.25, 0.3) is 11.2 Å². The first-order valence-electron chi connectivity index (χ1n) is 11.1. The van der Waals surface area contributed by atoms with Gasteiger partial charge in [-0.1, -0.05) is 32.5 Å². The minimum Gasteiger partial charge on any atom is -0.368 e. The number of hydrogen-bond acceptors (Lipinski definition) is 12. The SMILES string of the molecule is CN(C)c1nc(N)nc2c1ncn2[C@@H]1O[C@]2(CCl)COP(=O)(OCCSC(=O)C(C)(C)C)O[C@H]2[C@@H]1F. The molecule has 0 aliphatic carbocycles. The Balaban J connectivity index is 1.52. The van der Waals surface area contributed by atoms with Gasteiger partial charge >= 0.3 is 7.82 Å². The fourth-order valence-corrected chi connectivity index (χ4v) is 6.46. The van der Waals surface area contributed by atoms with Crippen molar-refractivity contribution in [3.8, 4) is 0 Å². The lowest BCUT2D eigenvalue weighted by molar-refractivity contribution is -0.133. The van der Waals surface area contributed by atoms with E-state index in [0.29, 0.717) is 11.3 Å². The van der Waals surface area contributed by atoms with Crippen molar-refractivity contribution >= 4 is 59.2 Å². The third-order valence-electron chi connectivity index (χ3n) is 5.67. The van der Waals surface area contributed by atoms with Crippen LogP contribution in [0.4, 0.5) is 16.2 Å². The molecule has 2 saturated heterocycles. The summed E-state index contributed by atoms with van der Waals surface area (Å²) in [7, 11) is -0.607. The van der Waals surface area contributed by atoms with E-state index in [-0.39, 0.29) is 41.6 Å². The summed E-state index contributed by atoms with van der Waals surface area (Å²) in [5.74, 6) is 0.463. The number of aromatic nitrogens is 4. The van der Waals surface area contributed by atoms with Gasteiger partial charge in [-0.15, -0.1) is 11.6 Å². The summed E-state index contributed by atoms with van der Waals surface area (Å²) >= 11 is 7.22. The standard InChI is InChI=1S/C20H29ClFN6O6PS/c1-19(2,3)17(29)36-7-6-31-35(30)32-9-20(8-21)13(34-35)11(22)16(33-20)28-10-24-12-14(27(4)5)25-18(23)26-15(12)28/h10-11,13,16H,6-9H2,1-5H3,(H2,23,25,26)/t11-,13-,16+,20+,35?/m0/s1. The van der Waals surface area contributed by atoms with Crippen LogP contribution in [0.5, 0.6) is 0 Å². The van der Waals surface area contributed by atoms with E-state index in [4.69, 9.17) is 35.6 Å². The maximum absolute atomic E-state index is 15.9. The zero-order chi connectivity index (χ0) is 26.5. The molecular formula is C20H29ClFN6O6PS. The number of nitrogen functional groups attached to an aromatic ring is 1. The zero-order valence-corrected chi connectivity index (χ0v) is 23.0. The Morgan fingerprint density at radius 2 is 2.17 bits per heavy atom. The van der Waals surface area contributed by atoms with Gasteiger partial charge in [0.25, 0.3) is 0 Å². The van der Waals surface area contributed by atoms with Crippen LogP contribution in [0.3, 0.4) is 0 Å².